The highest BCUT2D eigenvalue weighted by Gasteiger charge is 2.40. The van der Waals surface area contributed by atoms with Crippen molar-refractivity contribution in [1.29, 1.82) is 0 Å². The molecular weight excluding hydrogens is 430 g/mol. The van der Waals surface area contributed by atoms with Crippen LogP contribution in [0.15, 0.2) is 24.3 Å². The van der Waals surface area contributed by atoms with E-state index in [0.717, 1.165) is 0 Å². The molecule has 0 aliphatic carbocycles. The molecule has 1 aromatic rings. The van der Waals surface area contributed by atoms with Crippen molar-refractivity contribution in [3.05, 3.63) is 29.8 Å². The van der Waals surface area contributed by atoms with Crippen LogP contribution in [0.5, 0.6) is 5.75 Å². The number of phenols is 1. The molecule has 10 nitrogen and oxygen atoms in total. The van der Waals surface area contributed by atoms with E-state index in [4.69, 9.17) is 4.74 Å². The molecule has 0 radical (unpaired) electrons. The smallest absolute Gasteiger partial charge is 0.408 e. The third-order valence-electron chi connectivity index (χ3n) is 4.90. The van der Waals surface area contributed by atoms with Crippen molar-refractivity contribution in [2.24, 2.45) is 0 Å². The summed E-state index contributed by atoms with van der Waals surface area (Å²) in [4.78, 5) is 51.5. The number of alkyl carbamates (subject to hydrolysis) is 1. The van der Waals surface area contributed by atoms with Crippen molar-refractivity contribution in [2.75, 3.05) is 20.2 Å². The molecule has 10 heteroatoms. The van der Waals surface area contributed by atoms with Gasteiger partial charge in [-0.05, 0) is 58.7 Å². The van der Waals surface area contributed by atoms with Gasteiger partial charge >= 0.3 is 12.1 Å². The van der Waals surface area contributed by atoms with Gasteiger partial charge < -0.3 is 30.1 Å². The summed E-state index contributed by atoms with van der Waals surface area (Å²) in [5.41, 5.74) is -1.23. The molecule has 1 rings (SSSR count). The predicted octanol–water partition coefficient (Wildman–Crippen LogP) is 2.26. The lowest BCUT2D eigenvalue weighted by atomic mass is 9.93. The van der Waals surface area contributed by atoms with E-state index in [0.29, 0.717) is 12.0 Å². The number of esters is 1. The Morgan fingerprint density at radius 3 is 2.21 bits per heavy atom. The number of phenolic OH excluding ortho intramolecular Hbond substituents is 1. The number of methoxy groups -OCH3 is 1. The number of ether oxygens (including phenoxy) is 2. The van der Waals surface area contributed by atoms with E-state index < -0.39 is 54.1 Å². The Labute approximate surface area is 194 Å². The van der Waals surface area contributed by atoms with Crippen LogP contribution in [-0.2, 0) is 23.9 Å². The molecular formula is C23H35N3O7. The average molecular weight is 466 g/mol. The molecule has 0 fully saturated rings. The summed E-state index contributed by atoms with van der Waals surface area (Å²) in [6, 6.07) is 4.76. The Morgan fingerprint density at radius 2 is 1.70 bits per heavy atom. The Bertz CT molecular complexity index is 862. The lowest BCUT2D eigenvalue weighted by molar-refractivity contribution is -0.148. The van der Waals surface area contributed by atoms with E-state index >= 15 is 0 Å². The monoisotopic (exact) mass is 465 g/mol. The number of hydrogen-bond acceptors (Lipinski definition) is 7. The highest BCUT2D eigenvalue weighted by Crippen LogP contribution is 2.32. The number of nitrogens with zero attached hydrogens (tertiary/aromatic N) is 1. The second kappa shape index (κ2) is 11.5. The molecule has 0 spiro atoms. The van der Waals surface area contributed by atoms with Crippen molar-refractivity contribution < 1.29 is 33.8 Å². The lowest BCUT2D eigenvalue weighted by Gasteiger charge is -2.43. The maximum Gasteiger partial charge on any atom is 0.408 e. The minimum atomic E-state index is -1.19. The van der Waals surface area contributed by atoms with Gasteiger partial charge in [0.25, 0.3) is 0 Å². The van der Waals surface area contributed by atoms with Crippen LogP contribution in [0.1, 0.15) is 59.6 Å². The molecule has 3 amide bonds. The lowest BCUT2D eigenvalue weighted by Crippen LogP contribution is -2.56. The number of carbonyl (C=O) groups excluding carboxylic acids is 4. The third-order valence-corrected chi connectivity index (χ3v) is 4.90. The van der Waals surface area contributed by atoms with Gasteiger partial charge in [0.05, 0.1) is 7.11 Å². The Balaban J connectivity index is 3.33. The summed E-state index contributed by atoms with van der Waals surface area (Å²) >= 11 is 0. The van der Waals surface area contributed by atoms with Crippen molar-refractivity contribution >= 4 is 23.9 Å². The predicted molar refractivity (Wildman–Crippen MR) is 121 cm³/mol. The highest BCUT2D eigenvalue weighted by molar-refractivity contribution is 5.92. The van der Waals surface area contributed by atoms with Gasteiger partial charge in [-0.3, -0.25) is 14.4 Å². The van der Waals surface area contributed by atoms with Crippen LogP contribution in [0.4, 0.5) is 4.79 Å². The maximum atomic E-state index is 13.3. The molecule has 0 aromatic heterocycles. The second-order valence-electron chi connectivity index (χ2n) is 9.08. The minimum absolute atomic E-state index is 0.0909. The number of rotatable bonds is 9. The number of nitrogens with one attached hydrogen (secondary N) is 2. The maximum absolute atomic E-state index is 13.3. The quantitative estimate of drug-likeness (QED) is 0.476. The number of benzene rings is 1. The molecule has 0 aliphatic heterocycles. The van der Waals surface area contributed by atoms with Gasteiger partial charge in [-0.15, -0.1) is 0 Å². The normalized spacial score (nSPS) is 12.3. The SMILES string of the molecule is CCC(C)(C)N(C(=O)CNC(=O)OC(C)(C)C)C(C(=O)NCC(=O)OC)c1cccc(O)c1. The Morgan fingerprint density at radius 1 is 1.06 bits per heavy atom. The molecule has 0 bridgehead atoms. The molecule has 1 aromatic carbocycles. The summed E-state index contributed by atoms with van der Waals surface area (Å²) in [7, 11) is 1.19. The van der Waals surface area contributed by atoms with Crippen molar-refractivity contribution in [2.45, 2.75) is 65.1 Å². The van der Waals surface area contributed by atoms with Gasteiger partial charge in [-0.1, -0.05) is 19.1 Å². The van der Waals surface area contributed by atoms with Crippen molar-refractivity contribution in [3.8, 4) is 5.75 Å². The fraction of sp³-hybridized carbons (Fsp3) is 0.565. The molecule has 0 saturated heterocycles. The fourth-order valence-corrected chi connectivity index (χ4v) is 2.99. The zero-order valence-electron chi connectivity index (χ0n) is 20.4. The van der Waals surface area contributed by atoms with Crippen LogP contribution in [0.3, 0.4) is 0 Å². The number of carbonyl (C=O) groups is 4. The molecule has 3 N–H and O–H groups in total. The van der Waals surface area contributed by atoms with Crippen LogP contribution in [0.25, 0.3) is 0 Å². The molecule has 184 valence electrons. The van der Waals surface area contributed by atoms with Crippen LogP contribution in [0, 0.1) is 0 Å². The average Bonchev–Trinajstić information content (AvgIpc) is 2.72. The van der Waals surface area contributed by atoms with E-state index in [2.05, 4.69) is 15.4 Å². The summed E-state index contributed by atoms with van der Waals surface area (Å²) in [6.07, 6.45) is -0.292. The Hall–Kier alpha value is -3.30. The molecule has 1 atom stereocenters. The van der Waals surface area contributed by atoms with E-state index in [1.165, 1.54) is 24.1 Å². The number of aromatic hydroxyl groups is 1. The van der Waals surface area contributed by atoms with Crippen LogP contribution in [-0.4, -0.2) is 65.2 Å². The van der Waals surface area contributed by atoms with Crippen LogP contribution < -0.4 is 10.6 Å². The summed E-state index contributed by atoms with van der Waals surface area (Å²) in [5.74, 6) is -1.93. The first-order chi connectivity index (χ1) is 15.2. The number of amides is 3. The van der Waals surface area contributed by atoms with E-state index in [1.54, 1.807) is 46.8 Å². The fourth-order valence-electron chi connectivity index (χ4n) is 2.99. The van der Waals surface area contributed by atoms with E-state index in [9.17, 15) is 24.3 Å². The first-order valence-corrected chi connectivity index (χ1v) is 10.6. The first kappa shape index (κ1) is 27.7. The van der Waals surface area contributed by atoms with Gasteiger partial charge in [0.15, 0.2) is 0 Å². The van der Waals surface area contributed by atoms with Gasteiger partial charge in [-0.2, -0.15) is 0 Å². The Kier molecular flexibility index (Phi) is 9.69. The second-order valence-corrected chi connectivity index (χ2v) is 9.08. The minimum Gasteiger partial charge on any atom is -0.508 e. The van der Waals surface area contributed by atoms with Gasteiger partial charge in [0, 0.05) is 5.54 Å². The van der Waals surface area contributed by atoms with Crippen molar-refractivity contribution in [1.82, 2.24) is 15.5 Å². The first-order valence-electron chi connectivity index (χ1n) is 10.6. The van der Waals surface area contributed by atoms with Crippen LogP contribution in [0.2, 0.25) is 0 Å². The number of hydrogen-bond donors (Lipinski definition) is 3. The van der Waals surface area contributed by atoms with Crippen LogP contribution >= 0.6 is 0 Å². The van der Waals surface area contributed by atoms with E-state index in [1.807, 2.05) is 6.92 Å². The molecule has 33 heavy (non-hydrogen) atoms. The molecule has 0 aliphatic rings. The summed E-state index contributed by atoms with van der Waals surface area (Å²) in [5, 5.41) is 14.9. The van der Waals surface area contributed by atoms with Crippen molar-refractivity contribution in [3.63, 3.8) is 0 Å². The topological polar surface area (TPSA) is 134 Å². The zero-order valence-corrected chi connectivity index (χ0v) is 20.4. The van der Waals surface area contributed by atoms with Gasteiger partial charge in [0.1, 0.15) is 30.5 Å². The summed E-state index contributed by atoms with van der Waals surface area (Å²) in [6.45, 7) is 9.70. The molecule has 0 saturated carbocycles. The molecule has 1 unspecified atom stereocenters. The zero-order chi connectivity index (χ0) is 25.4. The van der Waals surface area contributed by atoms with Gasteiger partial charge in [-0.25, -0.2) is 4.79 Å². The third kappa shape index (κ3) is 8.63. The van der Waals surface area contributed by atoms with E-state index in [-0.39, 0.29) is 5.75 Å². The van der Waals surface area contributed by atoms with Gasteiger partial charge in [0.2, 0.25) is 11.8 Å². The highest BCUT2D eigenvalue weighted by atomic mass is 16.6. The largest absolute Gasteiger partial charge is 0.508 e. The molecule has 0 heterocycles. The standard InChI is InChI=1S/C23H35N3O7/c1-8-23(5,6)26(17(28)13-25-21(31)33-22(2,3)4)19(15-10-9-11-16(27)12-15)20(30)24-14-18(29)32-7/h9-12,19,27H,8,13-14H2,1-7H3,(H,24,30)(H,25,31). The summed E-state index contributed by atoms with van der Waals surface area (Å²) < 4.78 is 9.75.